The smallest absolute Gasteiger partial charge is 0.744 e. The van der Waals surface area contributed by atoms with Crippen molar-refractivity contribution in [2.75, 3.05) is 0 Å². The molecular weight excluding hydrogens is 1020 g/mol. The molecule has 0 N–H and O–H groups in total. The quantitative estimate of drug-likeness (QED) is 0.0251. The molecule has 69 heavy (non-hydrogen) atoms. The normalized spacial score (nSPS) is 11.8. The Balaban J connectivity index is 0.000000467. The fourth-order valence-corrected chi connectivity index (χ4v) is 11.6. The fourth-order valence-electron chi connectivity index (χ4n) is 10.1. The van der Waals surface area contributed by atoms with Crippen LogP contribution in [0.15, 0.2) is 70.5 Å². The molecular formula is C60H94BaO6S2. The van der Waals surface area contributed by atoms with E-state index >= 15 is 0 Å². The summed E-state index contributed by atoms with van der Waals surface area (Å²) in [6, 6.07) is 18.6. The predicted molar refractivity (Wildman–Crippen MR) is 295 cm³/mol. The van der Waals surface area contributed by atoms with E-state index in [2.05, 4.69) is 27.7 Å². The fraction of sp³-hybridized carbons (Fsp3) is 0.667. The molecule has 0 heterocycles. The first kappa shape index (κ1) is 63.9. The van der Waals surface area contributed by atoms with E-state index in [1.54, 1.807) is 24.3 Å². The van der Waals surface area contributed by atoms with Gasteiger partial charge in [-0.05, 0) is 107 Å². The molecule has 0 aliphatic carbocycles. The van der Waals surface area contributed by atoms with Crippen LogP contribution >= 0.6 is 0 Å². The van der Waals surface area contributed by atoms with Crippen LogP contribution in [0.1, 0.15) is 255 Å². The summed E-state index contributed by atoms with van der Waals surface area (Å²) in [4.78, 5) is -0.0883. The van der Waals surface area contributed by atoms with Crippen molar-refractivity contribution in [2.24, 2.45) is 0 Å². The van der Waals surface area contributed by atoms with E-state index in [-0.39, 0.29) is 58.7 Å². The van der Waals surface area contributed by atoms with E-state index in [0.717, 1.165) is 86.1 Å². The Hall–Kier alpha value is -1.21. The Labute approximate surface area is 463 Å². The summed E-state index contributed by atoms with van der Waals surface area (Å²) in [7, 11) is -9.01. The first-order valence-electron chi connectivity index (χ1n) is 28.0. The van der Waals surface area contributed by atoms with Gasteiger partial charge in [0, 0.05) is 0 Å². The van der Waals surface area contributed by atoms with Gasteiger partial charge in [-0.1, -0.05) is 256 Å². The van der Waals surface area contributed by atoms with Crippen LogP contribution in [0.5, 0.6) is 0 Å². The zero-order valence-corrected chi connectivity index (χ0v) is 50.3. The molecule has 0 saturated heterocycles. The summed E-state index contributed by atoms with van der Waals surface area (Å²) in [6.45, 7) is 8.98. The number of fused-ring (bicyclic) bond motifs is 2. The summed E-state index contributed by atoms with van der Waals surface area (Å²) in [6.07, 6.45) is 43.9. The van der Waals surface area contributed by atoms with Crippen molar-refractivity contribution < 1.29 is 25.9 Å². The molecule has 0 amide bonds. The summed E-state index contributed by atoms with van der Waals surface area (Å²) < 4.78 is 72.4. The van der Waals surface area contributed by atoms with Crippen molar-refractivity contribution in [3.63, 3.8) is 0 Å². The zero-order chi connectivity index (χ0) is 49.3. The minimum atomic E-state index is -4.51. The third kappa shape index (κ3) is 25.5. The third-order valence-corrected chi connectivity index (χ3v) is 15.9. The first-order chi connectivity index (χ1) is 33.0. The number of unbranched alkanes of at least 4 members (excludes halogenated alkanes) is 28. The minimum absolute atomic E-state index is 0. The Morgan fingerprint density at radius 3 is 0.783 bits per heavy atom. The van der Waals surface area contributed by atoms with Crippen LogP contribution in [-0.4, -0.2) is 74.8 Å². The van der Waals surface area contributed by atoms with Crippen molar-refractivity contribution in [1.82, 2.24) is 0 Å². The Morgan fingerprint density at radius 1 is 0.319 bits per heavy atom. The van der Waals surface area contributed by atoms with Gasteiger partial charge in [-0.15, -0.1) is 0 Å². The van der Waals surface area contributed by atoms with Crippen LogP contribution in [0.2, 0.25) is 0 Å². The van der Waals surface area contributed by atoms with Crippen LogP contribution in [0.4, 0.5) is 0 Å². The topological polar surface area (TPSA) is 114 Å². The minimum Gasteiger partial charge on any atom is -0.744 e. The maximum Gasteiger partial charge on any atom is 2.00 e. The second-order valence-corrected chi connectivity index (χ2v) is 22.6. The standard InChI is InChI=1S/2C30H48O3S.Ba/c2*1-3-5-7-9-11-13-15-17-21-26-25-30(34(31,32)33)29-24-20-19-23-28(29)27(26)22-18-16-14-12-10-8-6-4-2;/h2*19-20,23-25H,3-18,21-22H2,1-2H3,(H,31,32,33);/q;;+2/p-2. The first-order valence-corrected chi connectivity index (χ1v) is 30.8. The molecule has 0 bridgehead atoms. The molecule has 4 aromatic rings. The number of hydrogen-bond donors (Lipinski definition) is 0. The number of hydrogen-bond acceptors (Lipinski definition) is 6. The van der Waals surface area contributed by atoms with Crippen molar-refractivity contribution in [3.05, 3.63) is 82.9 Å². The van der Waals surface area contributed by atoms with Gasteiger partial charge in [0.25, 0.3) is 0 Å². The molecule has 0 atom stereocenters. The molecule has 4 aromatic carbocycles. The summed E-state index contributed by atoms with van der Waals surface area (Å²) in [5.41, 5.74) is 4.66. The van der Waals surface area contributed by atoms with Gasteiger partial charge in [-0.2, -0.15) is 0 Å². The molecule has 0 aromatic heterocycles. The monoisotopic (exact) mass is 1110 g/mol. The molecule has 0 radical (unpaired) electrons. The van der Waals surface area contributed by atoms with Gasteiger partial charge in [-0.3, -0.25) is 0 Å². The van der Waals surface area contributed by atoms with Gasteiger partial charge in [0.05, 0.1) is 9.79 Å². The maximum atomic E-state index is 12.1. The van der Waals surface area contributed by atoms with Crippen LogP contribution in [-0.2, 0) is 45.9 Å². The zero-order valence-electron chi connectivity index (χ0n) is 44.2. The van der Waals surface area contributed by atoms with E-state index in [1.807, 2.05) is 36.4 Å². The maximum absolute atomic E-state index is 12.1. The van der Waals surface area contributed by atoms with Crippen molar-refractivity contribution in [3.8, 4) is 0 Å². The molecule has 0 aliphatic heterocycles. The molecule has 384 valence electrons. The number of aryl methyl sites for hydroxylation is 4. The second-order valence-electron chi connectivity index (χ2n) is 19.9. The summed E-state index contributed by atoms with van der Waals surface area (Å²) in [5.74, 6) is 0. The van der Waals surface area contributed by atoms with E-state index in [0.29, 0.717) is 10.8 Å². The van der Waals surface area contributed by atoms with Gasteiger partial charge in [0.15, 0.2) is 0 Å². The number of rotatable bonds is 38. The van der Waals surface area contributed by atoms with Gasteiger partial charge >= 0.3 is 48.9 Å². The van der Waals surface area contributed by atoms with Crippen molar-refractivity contribution >= 4 is 90.7 Å². The van der Waals surface area contributed by atoms with Crippen LogP contribution in [0.25, 0.3) is 21.5 Å². The molecule has 0 aliphatic rings. The number of benzene rings is 4. The Morgan fingerprint density at radius 2 is 0.536 bits per heavy atom. The summed E-state index contributed by atoms with van der Waals surface area (Å²) >= 11 is 0. The average Bonchev–Trinajstić information content (AvgIpc) is 3.32. The van der Waals surface area contributed by atoms with E-state index in [1.165, 1.54) is 178 Å². The molecule has 0 saturated carbocycles. The third-order valence-electron chi connectivity index (χ3n) is 14.1. The van der Waals surface area contributed by atoms with Gasteiger partial charge < -0.3 is 9.11 Å². The molecule has 0 fully saturated rings. The second kappa shape index (κ2) is 38.4. The molecule has 4 rings (SSSR count). The summed E-state index contributed by atoms with van der Waals surface area (Å²) in [5, 5.41) is 3.09. The van der Waals surface area contributed by atoms with E-state index < -0.39 is 20.2 Å². The molecule has 6 nitrogen and oxygen atoms in total. The van der Waals surface area contributed by atoms with Gasteiger partial charge in [-0.25, -0.2) is 16.8 Å². The van der Waals surface area contributed by atoms with Crippen LogP contribution < -0.4 is 0 Å². The van der Waals surface area contributed by atoms with Crippen molar-refractivity contribution in [1.29, 1.82) is 0 Å². The Bertz CT molecular complexity index is 2030. The molecule has 0 spiro atoms. The van der Waals surface area contributed by atoms with E-state index in [9.17, 15) is 25.9 Å². The molecule has 9 heteroatoms. The predicted octanol–water partition coefficient (Wildman–Crippen LogP) is 17.8. The van der Waals surface area contributed by atoms with Gasteiger partial charge in [0.2, 0.25) is 0 Å². The van der Waals surface area contributed by atoms with Crippen molar-refractivity contribution in [2.45, 2.75) is 269 Å². The average molecular weight is 1110 g/mol. The SMILES string of the molecule is CCCCCCCCCCc1cc(S(=O)(=O)[O-])c2ccccc2c1CCCCCCCCCC.CCCCCCCCCCc1cc(S(=O)(=O)[O-])c2ccccc2c1CCCCCCCCCC.[Ba+2]. The van der Waals surface area contributed by atoms with Crippen LogP contribution in [0, 0.1) is 0 Å². The van der Waals surface area contributed by atoms with E-state index in [4.69, 9.17) is 0 Å². The largest absolute Gasteiger partial charge is 2.00 e. The van der Waals surface area contributed by atoms with Crippen LogP contribution in [0.3, 0.4) is 0 Å². The molecule has 0 unspecified atom stereocenters. The Kier molecular flexibility index (Phi) is 35.5. The van der Waals surface area contributed by atoms with Gasteiger partial charge in [0.1, 0.15) is 20.2 Å².